The van der Waals surface area contributed by atoms with E-state index in [1.807, 2.05) is 0 Å². The summed E-state index contributed by atoms with van der Waals surface area (Å²) in [7, 11) is -0.0364. The van der Waals surface area contributed by atoms with Crippen LogP contribution in [0.2, 0.25) is 0 Å². The van der Waals surface area contributed by atoms with E-state index >= 15 is 0 Å². The van der Waals surface area contributed by atoms with Crippen LogP contribution in [0.25, 0.3) is 0 Å². The van der Waals surface area contributed by atoms with E-state index in [4.69, 9.17) is 9.47 Å². The third kappa shape index (κ3) is 3.61. The molecule has 3 saturated carbocycles. The van der Waals surface area contributed by atoms with Gasteiger partial charge < -0.3 is 14.8 Å². The molecule has 1 N–H and O–H groups in total. The topological polar surface area (TPSA) is 84.9 Å². The summed E-state index contributed by atoms with van der Waals surface area (Å²) >= 11 is 0. The molecule has 0 radical (unpaired) electrons. The number of ether oxygens (including phenoxy) is 2. The summed E-state index contributed by atoms with van der Waals surface area (Å²) in [5, 5.41) is 2.79. The summed E-state index contributed by atoms with van der Waals surface area (Å²) in [6, 6.07) is -0.0714. The second kappa shape index (κ2) is 8.20. The van der Waals surface area contributed by atoms with Gasteiger partial charge in [-0.2, -0.15) is 4.31 Å². The first-order valence-corrected chi connectivity index (χ1v) is 12.3. The monoisotopic (exact) mass is 414 g/mol. The molecule has 0 spiro atoms. The molecular weight excluding hydrogens is 380 g/mol. The standard InChI is InChI=1S/C20H34N2O5S/c1-26-14-9-10-15(17(11-14)27-2)21-19(23)12-22-16-7-3-5-13-6-4-8-18(20(13)16)28(22,24)25/h13-18,20H,3-12H2,1-2H3,(H,21,23). The minimum Gasteiger partial charge on any atom is -0.381 e. The zero-order valence-electron chi connectivity index (χ0n) is 17.0. The second-order valence-electron chi connectivity index (χ2n) is 9.01. The van der Waals surface area contributed by atoms with Crippen LogP contribution >= 0.6 is 0 Å². The van der Waals surface area contributed by atoms with Crippen molar-refractivity contribution in [2.45, 2.75) is 87.3 Å². The van der Waals surface area contributed by atoms with Crippen molar-refractivity contribution < 1.29 is 22.7 Å². The molecule has 160 valence electrons. The first-order chi connectivity index (χ1) is 13.5. The second-order valence-corrected chi connectivity index (χ2v) is 11.1. The quantitative estimate of drug-likeness (QED) is 0.740. The van der Waals surface area contributed by atoms with Gasteiger partial charge in [-0.25, -0.2) is 8.42 Å². The molecule has 8 heteroatoms. The molecule has 4 aliphatic rings. The fraction of sp³-hybridized carbons (Fsp3) is 0.950. The normalized spacial score (nSPS) is 42.7. The van der Waals surface area contributed by atoms with Gasteiger partial charge in [0.05, 0.1) is 30.0 Å². The van der Waals surface area contributed by atoms with Crippen molar-refractivity contribution in [1.82, 2.24) is 9.62 Å². The summed E-state index contributed by atoms with van der Waals surface area (Å²) in [6.45, 7) is -0.0483. The van der Waals surface area contributed by atoms with Gasteiger partial charge in [0.25, 0.3) is 0 Å². The van der Waals surface area contributed by atoms with E-state index in [0.29, 0.717) is 5.92 Å². The molecule has 1 aliphatic heterocycles. The Kier molecular flexibility index (Phi) is 6.03. The van der Waals surface area contributed by atoms with Crippen molar-refractivity contribution in [3.8, 4) is 0 Å². The van der Waals surface area contributed by atoms with Crippen LogP contribution in [0.4, 0.5) is 0 Å². The van der Waals surface area contributed by atoms with Gasteiger partial charge in [-0.1, -0.05) is 25.7 Å². The first kappa shape index (κ1) is 20.6. The number of carbonyl (C=O) groups is 1. The number of nitrogens with one attached hydrogen (secondary N) is 1. The SMILES string of the molecule is COC1CCC(NC(=O)CN2C3CCCC4CCCC(C43)S2(=O)=O)C(OC)C1. The van der Waals surface area contributed by atoms with Gasteiger partial charge >= 0.3 is 0 Å². The highest BCUT2D eigenvalue weighted by Gasteiger charge is 2.57. The Hall–Kier alpha value is -0.700. The molecule has 1 heterocycles. The predicted molar refractivity (Wildman–Crippen MR) is 105 cm³/mol. The van der Waals surface area contributed by atoms with E-state index < -0.39 is 10.0 Å². The van der Waals surface area contributed by atoms with E-state index in [2.05, 4.69) is 5.32 Å². The predicted octanol–water partition coefficient (Wildman–Crippen LogP) is 1.67. The summed E-state index contributed by atoms with van der Waals surface area (Å²) in [4.78, 5) is 12.8. The maximum atomic E-state index is 13.2. The van der Waals surface area contributed by atoms with Crippen LogP contribution in [0.15, 0.2) is 0 Å². The van der Waals surface area contributed by atoms with Crippen molar-refractivity contribution in [1.29, 1.82) is 0 Å². The number of sulfonamides is 1. The number of nitrogens with zero attached hydrogens (tertiary/aromatic N) is 1. The zero-order valence-corrected chi connectivity index (χ0v) is 17.8. The Morgan fingerprint density at radius 2 is 1.79 bits per heavy atom. The van der Waals surface area contributed by atoms with E-state index in [0.717, 1.165) is 57.8 Å². The molecule has 3 aliphatic carbocycles. The van der Waals surface area contributed by atoms with Gasteiger partial charge in [-0.05, 0) is 37.5 Å². The van der Waals surface area contributed by atoms with Crippen LogP contribution in [0.3, 0.4) is 0 Å². The molecule has 4 fully saturated rings. The molecule has 0 aromatic rings. The van der Waals surface area contributed by atoms with Crippen LogP contribution in [-0.4, -0.2) is 68.9 Å². The van der Waals surface area contributed by atoms with Crippen molar-refractivity contribution in [3.05, 3.63) is 0 Å². The van der Waals surface area contributed by atoms with Crippen molar-refractivity contribution in [2.75, 3.05) is 20.8 Å². The maximum absolute atomic E-state index is 13.2. The van der Waals surface area contributed by atoms with Crippen molar-refractivity contribution in [3.63, 3.8) is 0 Å². The van der Waals surface area contributed by atoms with Gasteiger partial charge in [-0.3, -0.25) is 4.79 Å². The van der Waals surface area contributed by atoms with Crippen molar-refractivity contribution >= 4 is 15.9 Å². The van der Waals surface area contributed by atoms with E-state index in [9.17, 15) is 13.2 Å². The molecule has 7 nitrogen and oxygen atoms in total. The lowest BCUT2D eigenvalue weighted by Crippen LogP contribution is -2.52. The van der Waals surface area contributed by atoms with Crippen LogP contribution in [0.1, 0.15) is 57.8 Å². The Bertz CT molecular complexity index is 682. The van der Waals surface area contributed by atoms with Gasteiger partial charge in [-0.15, -0.1) is 0 Å². The van der Waals surface area contributed by atoms with Crippen LogP contribution in [0.5, 0.6) is 0 Å². The minimum atomic E-state index is -3.39. The largest absolute Gasteiger partial charge is 0.381 e. The number of hydrogen-bond acceptors (Lipinski definition) is 5. The summed E-state index contributed by atoms with van der Waals surface area (Å²) in [6.07, 6.45) is 8.46. The molecule has 1 amide bonds. The third-order valence-electron chi connectivity index (χ3n) is 7.66. The number of carbonyl (C=O) groups excluding carboxylic acids is 1. The highest BCUT2D eigenvalue weighted by molar-refractivity contribution is 7.90. The van der Waals surface area contributed by atoms with Crippen LogP contribution in [-0.2, 0) is 24.3 Å². The highest BCUT2D eigenvalue weighted by atomic mass is 32.2. The van der Waals surface area contributed by atoms with Crippen LogP contribution in [0, 0.1) is 11.8 Å². The Labute approximate surface area is 168 Å². The molecule has 7 atom stereocenters. The molecule has 1 saturated heterocycles. The Morgan fingerprint density at radius 3 is 2.50 bits per heavy atom. The van der Waals surface area contributed by atoms with E-state index in [1.165, 1.54) is 0 Å². The van der Waals surface area contributed by atoms with Crippen molar-refractivity contribution in [2.24, 2.45) is 11.8 Å². The molecule has 4 rings (SSSR count). The number of rotatable bonds is 5. The summed E-state index contributed by atoms with van der Waals surface area (Å²) < 4.78 is 39.0. The maximum Gasteiger partial charge on any atom is 0.235 e. The molecular formula is C20H34N2O5S. The fourth-order valence-electron chi connectivity index (χ4n) is 6.33. The zero-order chi connectivity index (χ0) is 19.9. The number of amides is 1. The molecule has 0 aromatic heterocycles. The average Bonchev–Trinajstić information content (AvgIpc) is 2.91. The van der Waals surface area contributed by atoms with Gasteiger partial charge in [0.1, 0.15) is 0 Å². The first-order valence-electron chi connectivity index (χ1n) is 10.8. The molecule has 28 heavy (non-hydrogen) atoms. The molecule has 7 unspecified atom stereocenters. The van der Waals surface area contributed by atoms with Gasteiger partial charge in [0.15, 0.2) is 0 Å². The number of methoxy groups -OCH3 is 2. The smallest absolute Gasteiger partial charge is 0.235 e. The Morgan fingerprint density at radius 1 is 1.04 bits per heavy atom. The minimum absolute atomic E-state index is 0.0160. The Balaban J connectivity index is 1.44. The van der Waals surface area contributed by atoms with Crippen LogP contribution < -0.4 is 5.32 Å². The highest BCUT2D eigenvalue weighted by Crippen LogP contribution is 2.50. The molecule has 0 bridgehead atoms. The summed E-state index contributed by atoms with van der Waals surface area (Å²) in [5.41, 5.74) is 0. The van der Waals surface area contributed by atoms with Gasteiger partial charge in [0, 0.05) is 26.7 Å². The lowest BCUT2D eigenvalue weighted by atomic mass is 9.68. The number of hydrogen-bond donors (Lipinski definition) is 1. The van der Waals surface area contributed by atoms with Gasteiger partial charge in [0.2, 0.25) is 15.9 Å². The lowest BCUT2D eigenvalue weighted by molar-refractivity contribution is -0.124. The lowest BCUT2D eigenvalue weighted by Gasteiger charge is -2.39. The molecule has 0 aromatic carbocycles. The third-order valence-corrected chi connectivity index (χ3v) is 10.0. The average molecular weight is 415 g/mol. The summed E-state index contributed by atoms with van der Waals surface area (Å²) in [5.74, 6) is 0.541. The fourth-order valence-corrected chi connectivity index (χ4v) is 8.86. The van der Waals surface area contributed by atoms with E-state index in [1.54, 1.807) is 18.5 Å². The van der Waals surface area contributed by atoms with E-state index in [-0.39, 0.29) is 47.9 Å².